The minimum absolute atomic E-state index is 0.0388. The molecule has 0 bridgehead atoms. The van der Waals surface area contributed by atoms with Gasteiger partial charge in [-0.25, -0.2) is 0 Å². The Balaban J connectivity index is 2.10. The molecule has 8 heteroatoms. The summed E-state index contributed by atoms with van der Waals surface area (Å²) in [6.45, 7) is 0.879. The topological polar surface area (TPSA) is 47.6 Å². The van der Waals surface area contributed by atoms with E-state index in [4.69, 9.17) is 9.47 Å². The van der Waals surface area contributed by atoms with Gasteiger partial charge < -0.3 is 14.8 Å². The summed E-state index contributed by atoms with van der Waals surface area (Å²) in [6.07, 6.45) is -0.704. The van der Waals surface area contributed by atoms with Crippen LogP contribution < -0.4 is 5.32 Å². The number of rotatable bonds is 4. The summed E-state index contributed by atoms with van der Waals surface area (Å²) in [5, 5.41) is 2.36. The van der Waals surface area contributed by atoms with Crippen LogP contribution in [0.1, 0.15) is 0 Å². The fraction of sp³-hybridized carbons (Fsp3) is 0.875. The highest BCUT2D eigenvalue weighted by molar-refractivity contribution is 8.00. The molecule has 1 aliphatic heterocycles. The third-order valence-corrected chi connectivity index (χ3v) is 2.51. The molecule has 1 rings (SSSR count). The molecule has 0 aromatic carbocycles. The number of amides is 1. The Hall–Kier alpha value is -0.470. The lowest BCUT2D eigenvalue weighted by atomic mass is 10.3. The van der Waals surface area contributed by atoms with Gasteiger partial charge in [0.15, 0.2) is 6.10 Å². The molecule has 4 nitrogen and oxygen atoms in total. The van der Waals surface area contributed by atoms with Gasteiger partial charge in [0.2, 0.25) is 0 Å². The fourth-order valence-electron chi connectivity index (χ4n) is 1.09. The van der Waals surface area contributed by atoms with Crippen LogP contribution in [-0.4, -0.2) is 49.6 Å². The second kappa shape index (κ2) is 6.31. The molecule has 94 valence electrons. The molecule has 1 heterocycles. The van der Waals surface area contributed by atoms with Crippen molar-refractivity contribution >= 4 is 17.7 Å². The lowest BCUT2D eigenvalue weighted by molar-refractivity contribution is -0.147. The van der Waals surface area contributed by atoms with Crippen molar-refractivity contribution in [3.8, 4) is 0 Å². The smallest absolute Gasteiger partial charge is 0.376 e. The Labute approximate surface area is 94.8 Å². The number of carbonyl (C=O) groups is 1. The first-order valence-electron chi connectivity index (χ1n) is 4.67. The molecule has 1 saturated heterocycles. The average Bonchev–Trinajstić information content (AvgIpc) is 2.24. The lowest BCUT2D eigenvalue weighted by Crippen LogP contribution is -2.43. The zero-order valence-electron chi connectivity index (χ0n) is 8.38. The van der Waals surface area contributed by atoms with Crippen molar-refractivity contribution in [2.24, 2.45) is 0 Å². The van der Waals surface area contributed by atoms with E-state index >= 15 is 0 Å². The molecule has 0 saturated carbocycles. The molecular weight excluding hydrogens is 247 g/mol. The van der Waals surface area contributed by atoms with Crippen molar-refractivity contribution in [3.05, 3.63) is 0 Å². The zero-order valence-corrected chi connectivity index (χ0v) is 9.20. The second-order valence-electron chi connectivity index (χ2n) is 3.02. The van der Waals surface area contributed by atoms with E-state index in [9.17, 15) is 18.0 Å². The maximum atomic E-state index is 11.7. The Morgan fingerprint density at radius 2 is 2.19 bits per heavy atom. The van der Waals surface area contributed by atoms with Crippen molar-refractivity contribution in [3.63, 3.8) is 0 Å². The minimum atomic E-state index is -4.25. The summed E-state index contributed by atoms with van der Waals surface area (Å²) in [4.78, 5) is 11.3. The Morgan fingerprint density at radius 3 is 2.75 bits per heavy atom. The van der Waals surface area contributed by atoms with Crippen LogP contribution in [0.15, 0.2) is 0 Å². The number of carbonyl (C=O) groups excluding carboxylic acids is 1. The monoisotopic (exact) mass is 259 g/mol. The largest absolute Gasteiger partial charge is 0.441 e. The first-order chi connectivity index (χ1) is 7.49. The van der Waals surface area contributed by atoms with Gasteiger partial charge in [-0.3, -0.25) is 4.79 Å². The molecule has 0 aromatic rings. The number of hydrogen-bond acceptors (Lipinski definition) is 4. The standard InChI is InChI=1S/C8H12F3NO3S/c9-8(10,11)16-4-1-12-7(13)6-5-14-2-3-15-6/h6H,1-5H2,(H,12,13)/t6-/m1/s1. The van der Waals surface area contributed by atoms with E-state index in [1.807, 2.05) is 0 Å². The summed E-state index contributed by atoms with van der Waals surface area (Å²) in [5.41, 5.74) is -4.25. The maximum Gasteiger partial charge on any atom is 0.441 e. The second-order valence-corrected chi connectivity index (χ2v) is 4.18. The predicted molar refractivity (Wildman–Crippen MR) is 52.1 cm³/mol. The van der Waals surface area contributed by atoms with E-state index in [0.717, 1.165) is 0 Å². The minimum Gasteiger partial charge on any atom is -0.376 e. The highest BCUT2D eigenvalue weighted by Gasteiger charge is 2.28. The van der Waals surface area contributed by atoms with Gasteiger partial charge in [-0.05, 0) is 11.8 Å². The molecule has 16 heavy (non-hydrogen) atoms. The molecule has 0 radical (unpaired) electrons. The van der Waals surface area contributed by atoms with Crippen molar-refractivity contribution < 1.29 is 27.4 Å². The number of thioether (sulfide) groups is 1. The van der Waals surface area contributed by atoms with E-state index in [0.29, 0.717) is 13.2 Å². The first kappa shape index (κ1) is 13.6. The van der Waals surface area contributed by atoms with Crippen molar-refractivity contribution in [2.75, 3.05) is 32.1 Å². The van der Waals surface area contributed by atoms with Crippen LogP contribution in [0.5, 0.6) is 0 Å². The Kier molecular flexibility index (Phi) is 5.36. The summed E-state index contributed by atoms with van der Waals surface area (Å²) in [6, 6.07) is 0. The molecule has 1 amide bonds. The van der Waals surface area contributed by atoms with Gasteiger partial charge in [0, 0.05) is 12.3 Å². The van der Waals surface area contributed by atoms with E-state index in [1.54, 1.807) is 0 Å². The lowest BCUT2D eigenvalue weighted by Gasteiger charge is -2.21. The van der Waals surface area contributed by atoms with Gasteiger partial charge in [-0.1, -0.05) is 0 Å². The maximum absolute atomic E-state index is 11.7. The first-order valence-corrected chi connectivity index (χ1v) is 5.65. The quantitative estimate of drug-likeness (QED) is 0.758. The average molecular weight is 259 g/mol. The van der Waals surface area contributed by atoms with Gasteiger partial charge in [-0.15, -0.1) is 0 Å². The van der Waals surface area contributed by atoms with Crippen molar-refractivity contribution in [2.45, 2.75) is 11.6 Å². The van der Waals surface area contributed by atoms with E-state index in [2.05, 4.69) is 5.32 Å². The molecule has 1 aliphatic rings. The number of hydrogen-bond donors (Lipinski definition) is 1. The Morgan fingerprint density at radius 1 is 1.44 bits per heavy atom. The highest BCUT2D eigenvalue weighted by atomic mass is 32.2. The van der Waals surface area contributed by atoms with Crippen LogP contribution in [0.4, 0.5) is 13.2 Å². The van der Waals surface area contributed by atoms with Crippen LogP contribution in [-0.2, 0) is 14.3 Å². The van der Waals surface area contributed by atoms with Crippen molar-refractivity contribution in [1.82, 2.24) is 5.32 Å². The van der Waals surface area contributed by atoms with E-state index < -0.39 is 17.5 Å². The van der Waals surface area contributed by atoms with E-state index in [1.165, 1.54) is 0 Å². The Bertz CT molecular complexity index is 231. The molecule has 0 unspecified atom stereocenters. The van der Waals surface area contributed by atoms with Gasteiger partial charge in [0.25, 0.3) is 5.91 Å². The van der Waals surface area contributed by atoms with Gasteiger partial charge in [0.1, 0.15) is 0 Å². The van der Waals surface area contributed by atoms with Crippen LogP contribution in [0.3, 0.4) is 0 Å². The fourth-order valence-corrected chi connectivity index (χ4v) is 1.53. The summed E-state index contributed by atoms with van der Waals surface area (Å²) in [5.74, 6) is -0.634. The number of halogens is 3. The molecule has 0 aromatic heterocycles. The molecule has 0 spiro atoms. The van der Waals surface area contributed by atoms with Crippen LogP contribution >= 0.6 is 11.8 Å². The zero-order chi connectivity index (χ0) is 12.0. The predicted octanol–water partition coefficient (Wildman–Crippen LogP) is 0.771. The highest BCUT2D eigenvalue weighted by Crippen LogP contribution is 2.29. The number of alkyl halides is 3. The summed E-state index contributed by atoms with van der Waals surface area (Å²) < 4.78 is 45.3. The molecule has 1 N–H and O–H groups in total. The van der Waals surface area contributed by atoms with Crippen LogP contribution in [0, 0.1) is 0 Å². The van der Waals surface area contributed by atoms with E-state index in [-0.39, 0.29) is 30.7 Å². The normalized spacial score (nSPS) is 21.8. The molecular formula is C8H12F3NO3S. The SMILES string of the molecule is O=C(NCCSC(F)(F)F)[C@H]1COCCO1. The molecule has 1 atom stereocenters. The van der Waals surface area contributed by atoms with Crippen molar-refractivity contribution in [1.29, 1.82) is 0 Å². The van der Waals surface area contributed by atoms with Gasteiger partial charge in [-0.2, -0.15) is 13.2 Å². The van der Waals surface area contributed by atoms with Crippen LogP contribution in [0.2, 0.25) is 0 Å². The third-order valence-electron chi connectivity index (χ3n) is 1.78. The summed E-state index contributed by atoms with van der Waals surface area (Å²) >= 11 is -0.165. The number of ether oxygens (including phenoxy) is 2. The number of nitrogens with one attached hydrogen (secondary N) is 1. The van der Waals surface area contributed by atoms with Crippen LogP contribution in [0.25, 0.3) is 0 Å². The van der Waals surface area contributed by atoms with Gasteiger partial charge in [0.05, 0.1) is 19.8 Å². The summed E-state index contributed by atoms with van der Waals surface area (Å²) in [7, 11) is 0. The molecule has 0 aliphatic carbocycles. The van der Waals surface area contributed by atoms with Gasteiger partial charge >= 0.3 is 5.51 Å². The molecule has 1 fully saturated rings. The third kappa shape index (κ3) is 5.57.